The molecule has 0 atom stereocenters. The molecule has 334 valence electrons. The van der Waals surface area contributed by atoms with Crippen LogP contribution in [0.5, 0.6) is 23.0 Å². The fourth-order valence-electron chi connectivity index (χ4n) is 10.1. The minimum Gasteiger partial charge on any atom is -0.457 e. The van der Waals surface area contributed by atoms with E-state index in [1.54, 1.807) is 58.3 Å². The molecule has 0 saturated heterocycles. The minimum absolute atomic E-state index is 0.428. The highest BCUT2D eigenvalue weighted by molar-refractivity contribution is 7.28. The maximum Gasteiger partial charge on any atom is 0.336 e. The van der Waals surface area contributed by atoms with Crippen molar-refractivity contribution in [2.45, 2.75) is 0 Å². The van der Waals surface area contributed by atoms with Crippen LogP contribution >= 0.6 is 34.0 Å². The molecule has 0 amide bonds. The van der Waals surface area contributed by atoms with Crippen LogP contribution < -0.4 is 20.7 Å². The maximum atomic E-state index is 12.2. The van der Waals surface area contributed by atoms with Crippen LogP contribution in [-0.4, -0.2) is 9.97 Å². The van der Waals surface area contributed by atoms with E-state index in [-0.39, 0.29) is 0 Å². The van der Waals surface area contributed by atoms with E-state index in [0.717, 1.165) is 64.2 Å². The molecule has 6 aromatic heterocycles. The molecule has 0 aliphatic carbocycles. The van der Waals surface area contributed by atoms with Gasteiger partial charge in [-0.15, -0.1) is 34.0 Å². The van der Waals surface area contributed by atoms with Gasteiger partial charge in [0, 0.05) is 97.3 Å². The molecule has 0 saturated carbocycles. The van der Waals surface area contributed by atoms with Crippen molar-refractivity contribution in [2.75, 3.05) is 0 Å². The second kappa shape index (κ2) is 15.4. The number of hydrogen-bond donors (Lipinski definition) is 0. The lowest BCUT2D eigenvalue weighted by Gasteiger charge is -2.14. The monoisotopic (exact) mass is 970 g/mol. The zero-order valence-electron chi connectivity index (χ0n) is 36.9. The van der Waals surface area contributed by atoms with Gasteiger partial charge in [-0.3, -0.25) is 0 Å². The summed E-state index contributed by atoms with van der Waals surface area (Å²) in [6.45, 7) is 0. The third-order valence-electron chi connectivity index (χ3n) is 13.3. The third-order valence-corrected chi connectivity index (χ3v) is 16.9. The van der Waals surface area contributed by atoms with Gasteiger partial charge in [-0.25, -0.2) is 19.6 Å². The number of rotatable bonds is 6. The van der Waals surface area contributed by atoms with Gasteiger partial charge in [0.25, 0.3) is 0 Å². The van der Waals surface area contributed by atoms with Gasteiger partial charge >= 0.3 is 11.3 Å². The van der Waals surface area contributed by atoms with Crippen molar-refractivity contribution in [3.63, 3.8) is 0 Å². The molecule has 15 rings (SSSR count). The molecule has 0 N–H and O–H groups in total. The SMILES string of the molecule is O=c1ccc2ccc(Oc3ccc4c5ccc(Oc6ccc7ccc(=O)oc7c6)cc5c5nc6c(-c7cccc8c7sc7ccccc78)sc(-c7cccc8c7sc7ccccc78)c6nc5c4c3)cc2o1. The smallest absolute Gasteiger partial charge is 0.336 e. The van der Waals surface area contributed by atoms with Crippen molar-refractivity contribution >= 4 is 140 Å². The second-order valence-corrected chi connectivity index (χ2v) is 20.6. The van der Waals surface area contributed by atoms with Crippen molar-refractivity contribution in [3.8, 4) is 43.9 Å². The Balaban J connectivity index is 1.02. The molecule has 0 radical (unpaired) electrons. The normalized spacial score (nSPS) is 12.1. The highest BCUT2D eigenvalue weighted by atomic mass is 32.1. The molecular weight excluding hydrogens is 941 g/mol. The quantitative estimate of drug-likeness (QED) is 0.120. The fourth-order valence-corrected chi connectivity index (χ4v) is 13.9. The number of ether oxygens (including phenoxy) is 2. The lowest BCUT2D eigenvalue weighted by molar-refractivity contribution is 0.480. The molecule has 15 aromatic rings. The van der Waals surface area contributed by atoms with Gasteiger partial charge in [0.15, 0.2) is 0 Å². The number of hydrogen-bond acceptors (Lipinski definition) is 11. The Bertz CT molecular complexity index is 4600. The van der Waals surface area contributed by atoms with E-state index in [4.69, 9.17) is 28.3 Å². The summed E-state index contributed by atoms with van der Waals surface area (Å²) in [5.74, 6) is 2.21. The Kier molecular flexibility index (Phi) is 8.70. The Morgan fingerprint density at radius 2 is 0.775 bits per heavy atom. The molecule has 0 unspecified atom stereocenters. The van der Waals surface area contributed by atoms with Crippen molar-refractivity contribution in [3.05, 3.63) is 203 Å². The molecule has 0 spiro atoms. The molecule has 6 heterocycles. The first-order valence-corrected chi connectivity index (χ1v) is 25.3. The van der Waals surface area contributed by atoms with Gasteiger partial charge in [-0.1, -0.05) is 72.8 Å². The van der Waals surface area contributed by atoms with Crippen molar-refractivity contribution < 1.29 is 18.3 Å². The van der Waals surface area contributed by atoms with Crippen molar-refractivity contribution in [2.24, 2.45) is 0 Å². The first-order valence-electron chi connectivity index (χ1n) is 22.8. The van der Waals surface area contributed by atoms with Gasteiger partial charge in [0.2, 0.25) is 0 Å². The lowest BCUT2D eigenvalue weighted by Crippen LogP contribution is -1.95. The molecule has 71 heavy (non-hydrogen) atoms. The van der Waals surface area contributed by atoms with Gasteiger partial charge in [0.1, 0.15) is 45.2 Å². The van der Waals surface area contributed by atoms with Crippen molar-refractivity contribution in [1.82, 2.24) is 9.97 Å². The first kappa shape index (κ1) is 40.2. The van der Waals surface area contributed by atoms with E-state index in [1.165, 1.54) is 52.5 Å². The van der Waals surface area contributed by atoms with Crippen LogP contribution in [0.1, 0.15) is 0 Å². The summed E-state index contributed by atoms with van der Waals surface area (Å²) in [6.07, 6.45) is 0. The van der Waals surface area contributed by atoms with E-state index in [9.17, 15) is 9.59 Å². The number of fused-ring (bicyclic) bond motifs is 15. The van der Waals surface area contributed by atoms with Crippen LogP contribution in [0.25, 0.3) is 127 Å². The predicted octanol–water partition coefficient (Wildman–Crippen LogP) is 17.0. The van der Waals surface area contributed by atoms with Crippen LogP contribution in [0.3, 0.4) is 0 Å². The summed E-state index contributed by atoms with van der Waals surface area (Å²) in [5.41, 5.74) is 5.26. The van der Waals surface area contributed by atoms with Crippen LogP contribution in [0.2, 0.25) is 0 Å². The van der Waals surface area contributed by atoms with Gasteiger partial charge in [-0.05, 0) is 95.7 Å². The second-order valence-electron chi connectivity index (χ2n) is 17.5. The summed E-state index contributed by atoms with van der Waals surface area (Å²) in [6, 6.07) is 59.7. The third kappa shape index (κ3) is 6.41. The van der Waals surface area contributed by atoms with E-state index in [2.05, 4.69) is 97.1 Å². The van der Waals surface area contributed by atoms with Crippen LogP contribution in [0.4, 0.5) is 0 Å². The largest absolute Gasteiger partial charge is 0.457 e. The molecule has 0 fully saturated rings. The topological polar surface area (TPSA) is 105 Å². The molecule has 0 aliphatic heterocycles. The molecule has 11 heteroatoms. The highest BCUT2D eigenvalue weighted by Crippen LogP contribution is 2.51. The summed E-state index contributed by atoms with van der Waals surface area (Å²) in [7, 11) is 0. The zero-order valence-corrected chi connectivity index (χ0v) is 39.3. The Hall–Kier alpha value is -8.74. The van der Waals surface area contributed by atoms with Gasteiger partial charge in [0.05, 0.1) is 20.8 Å². The molecule has 0 aliphatic rings. The standard InChI is InChI=1S/C60H30N2O6S3/c63-51-25-17-31-15-19-35(29-47(31)67-51)65-33-21-23-37-38-24-22-34(66-36-20-16-32-18-26-52(64)68-48(32)30-36)28-46(38)54-53(45(37)27-33)61-55-56(62-54)60(44-12-6-10-42-40-8-2-4-14-50(40)70-58(42)44)71-59(55)43-11-5-9-41-39-7-1-3-13-49(39)69-57(41)43/h1-30H. The van der Waals surface area contributed by atoms with Gasteiger partial charge in [-0.2, -0.15) is 0 Å². The van der Waals surface area contributed by atoms with Gasteiger partial charge < -0.3 is 18.3 Å². The average Bonchev–Trinajstić information content (AvgIpc) is 4.10. The first-order chi connectivity index (χ1) is 34.9. The molecule has 8 nitrogen and oxygen atoms in total. The van der Waals surface area contributed by atoms with E-state index >= 15 is 0 Å². The van der Waals surface area contributed by atoms with Crippen LogP contribution in [0.15, 0.2) is 200 Å². The molecule has 0 bridgehead atoms. The Morgan fingerprint density at radius 1 is 0.352 bits per heavy atom. The molecular formula is C60H30N2O6S3. The van der Waals surface area contributed by atoms with Crippen LogP contribution in [-0.2, 0) is 0 Å². The lowest BCUT2D eigenvalue weighted by atomic mass is 9.98. The minimum atomic E-state index is -0.428. The number of thiophene rings is 3. The summed E-state index contributed by atoms with van der Waals surface area (Å²) in [5, 5.41) is 10.1. The molecule has 9 aromatic carbocycles. The van der Waals surface area contributed by atoms with E-state index in [1.807, 2.05) is 48.5 Å². The summed E-state index contributed by atoms with van der Waals surface area (Å²) in [4.78, 5) is 38.0. The Morgan fingerprint density at radius 3 is 1.27 bits per heavy atom. The number of benzene rings is 9. The summed E-state index contributed by atoms with van der Waals surface area (Å²) >= 11 is 5.35. The van der Waals surface area contributed by atoms with Crippen LogP contribution in [0, 0.1) is 0 Å². The zero-order chi connectivity index (χ0) is 46.9. The van der Waals surface area contributed by atoms with E-state index in [0.29, 0.717) is 45.2 Å². The highest BCUT2D eigenvalue weighted by Gasteiger charge is 2.25. The summed E-state index contributed by atoms with van der Waals surface area (Å²) < 4.78 is 29.0. The fraction of sp³-hybridized carbons (Fsp3) is 0. The average molecular weight is 971 g/mol. The number of nitrogens with zero attached hydrogens (tertiary/aromatic N) is 2. The predicted molar refractivity (Wildman–Crippen MR) is 292 cm³/mol. The number of aromatic nitrogens is 2. The Labute approximate surface area is 412 Å². The maximum absolute atomic E-state index is 12.2. The van der Waals surface area contributed by atoms with Crippen molar-refractivity contribution in [1.29, 1.82) is 0 Å². The van der Waals surface area contributed by atoms with E-state index < -0.39 is 11.3 Å².